The van der Waals surface area contributed by atoms with Crippen LogP contribution < -0.4 is 14.8 Å². The number of imide groups is 1. The van der Waals surface area contributed by atoms with Crippen LogP contribution in [-0.4, -0.2) is 50.2 Å². The van der Waals surface area contributed by atoms with Crippen LogP contribution in [-0.2, 0) is 14.8 Å². The van der Waals surface area contributed by atoms with Crippen molar-refractivity contribution in [1.29, 1.82) is 0 Å². The summed E-state index contributed by atoms with van der Waals surface area (Å²) in [6.45, 7) is -0.178. The lowest BCUT2D eigenvalue weighted by atomic mass is 9.98. The van der Waals surface area contributed by atoms with Crippen molar-refractivity contribution in [3.8, 4) is 5.75 Å². The van der Waals surface area contributed by atoms with Crippen LogP contribution >= 0.6 is 0 Å². The number of halogens is 3. The maximum atomic E-state index is 12.5. The monoisotopic (exact) mass is 435 g/mol. The van der Waals surface area contributed by atoms with Gasteiger partial charge in [0.05, 0.1) is 0 Å². The van der Waals surface area contributed by atoms with Gasteiger partial charge in [0.15, 0.2) is 0 Å². The van der Waals surface area contributed by atoms with Gasteiger partial charge < -0.3 is 10.1 Å². The highest BCUT2D eigenvalue weighted by atomic mass is 32.2. The molecule has 1 saturated heterocycles. The van der Waals surface area contributed by atoms with E-state index < -0.39 is 38.6 Å². The highest BCUT2D eigenvalue weighted by Gasteiger charge is 2.52. The van der Waals surface area contributed by atoms with E-state index in [1.54, 1.807) is 0 Å². The Bertz CT molecular complexity index is 898. The third kappa shape index (κ3) is 4.64. The molecule has 0 radical (unpaired) electrons. The van der Waals surface area contributed by atoms with Gasteiger partial charge in [0.25, 0.3) is 5.91 Å². The Kier molecular flexibility index (Phi) is 5.77. The van der Waals surface area contributed by atoms with Gasteiger partial charge in [-0.1, -0.05) is 25.0 Å². The number of ether oxygens (including phenoxy) is 1. The first-order chi connectivity index (χ1) is 13.5. The van der Waals surface area contributed by atoms with Crippen molar-refractivity contribution in [3.05, 3.63) is 24.3 Å². The summed E-state index contributed by atoms with van der Waals surface area (Å²) >= 11 is 0. The van der Waals surface area contributed by atoms with Crippen molar-refractivity contribution in [1.82, 2.24) is 14.9 Å². The summed E-state index contributed by atoms with van der Waals surface area (Å²) < 4.78 is 68.1. The number of hydrogen-bond donors (Lipinski definition) is 2. The molecule has 1 heterocycles. The number of alkyl halides is 3. The molecule has 3 amide bonds. The molecular formula is C17H20F3N3O5S. The number of carbonyl (C=O) groups excluding carboxylic acids is 2. The Morgan fingerprint density at radius 3 is 2.48 bits per heavy atom. The van der Waals surface area contributed by atoms with Crippen LogP contribution in [0.1, 0.15) is 32.1 Å². The van der Waals surface area contributed by atoms with Gasteiger partial charge in [-0.25, -0.2) is 17.9 Å². The Balaban J connectivity index is 1.58. The largest absolute Gasteiger partial charge is 0.573 e. The van der Waals surface area contributed by atoms with E-state index in [2.05, 4.69) is 14.8 Å². The maximum absolute atomic E-state index is 12.5. The van der Waals surface area contributed by atoms with Crippen LogP contribution in [0, 0.1) is 0 Å². The first kappa shape index (κ1) is 21.4. The lowest BCUT2D eigenvalue weighted by Gasteiger charge is -2.20. The van der Waals surface area contributed by atoms with E-state index in [0.29, 0.717) is 12.8 Å². The average Bonchev–Trinajstić information content (AvgIpc) is 3.17. The molecule has 2 aliphatic rings. The molecule has 0 aromatic heterocycles. The standard InChI is InChI=1S/C17H20F3N3O5S/c18-17(19,20)28-12-6-1-2-7-13(12)29(26,27)21-10-5-11-23-14(24)16(22-15(23)25)8-3-4-9-16/h1-2,6-7,21H,3-5,8-11H2,(H,22,25). The third-order valence-corrected chi connectivity index (χ3v) is 6.42. The van der Waals surface area contributed by atoms with Crippen LogP contribution in [0.5, 0.6) is 5.75 Å². The van der Waals surface area contributed by atoms with E-state index in [1.807, 2.05) is 0 Å². The van der Waals surface area contributed by atoms with E-state index in [-0.39, 0.29) is 25.4 Å². The molecule has 1 aliphatic carbocycles. The van der Waals surface area contributed by atoms with Crippen LogP contribution in [0.15, 0.2) is 29.2 Å². The zero-order chi connectivity index (χ0) is 21.3. The second-order valence-electron chi connectivity index (χ2n) is 6.92. The molecule has 1 aromatic rings. The van der Waals surface area contributed by atoms with E-state index >= 15 is 0 Å². The minimum atomic E-state index is -5.04. The number of amides is 3. The van der Waals surface area contributed by atoms with Crippen LogP contribution in [0.3, 0.4) is 0 Å². The normalized spacial score (nSPS) is 19.1. The summed E-state index contributed by atoms with van der Waals surface area (Å²) in [6.07, 6.45) is -2.08. The fourth-order valence-electron chi connectivity index (χ4n) is 3.60. The third-order valence-electron chi connectivity index (χ3n) is 4.92. The van der Waals surface area contributed by atoms with Crippen molar-refractivity contribution >= 4 is 22.0 Å². The molecule has 1 spiro atoms. The van der Waals surface area contributed by atoms with Gasteiger partial charge in [0, 0.05) is 13.1 Å². The topological polar surface area (TPSA) is 105 Å². The molecule has 2 fully saturated rings. The van der Waals surface area contributed by atoms with Crippen molar-refractivity contribution in [2.45, 2.75) is 48.9 Å². The van der Waals surface area contributed by atoms with E-state index in [1.165, 1.54) is 12.1 Å². The Labute approximate surface area is 165 Å². The summed E-state index contributed by atoms with van der Waals surface area (Å²) in [5.74, 6) is -1.16. The minimum absolute atomic E-state index is 0.00433. The second kappa shape index (κ2) is 7.82. The van der Waals surface area contributed by atoms with E-state index in [4.69, 9.17) is 0 Å². The summed E-state index contributed by atoms with van der Waals surface area (Å²) in [4.78, 5) is 25.0. The quantitative estimate of drug-likeness (QED) is 0.504. The fourth-order valence-corrected chi connectivity index (χ4v) is 4.80. The predicted octanol–water partition coefficient (Wildman–Crippen LogP) is 2.12. The molecule has 0 bridgehead atoms. The number of sulfonamides is 1. The summed E-state index contributed by atoms with van der Waals surface area (Å²) in [5, 5.41) is 2.72. The predicted molar refractivity (Wildman–Crippen MR) is 94.4 cm³/mol. The molecule has 160 valence electrons. The van der Waals surface area contributed by atoms with Gasteiger partial charge >= 0.3 is 12.4 Å². The molecule has 29 heavy (non-hydrogen) atoms. The van der Waals surface area contributed by atoms with E-state index in [0.717, 1.165) is 29.9 Å². The van der Waals surface area contributed by atoms with Crippen LogP contribution in [0.4, 0.5) is 18.0 Å². The number of nitrogens with one attached hydrogen (secondary N) is 2. The molecule has 1 aromatic carbocycles. The molecule has 1 saturated carbocycles. The zero-order valence-corrected chi connectivity index (χ0v) is 16.1. The van der Waals surface area contributed by atoms with Gasteiger partial charge in [0.2, 0.25) is 10.0 Å². The Hall–Kier alpha value is -2.34. The van der Waals surface area contributed by atoms with Crippen LogP contribution in [0.25, 0.3) is 0 Å². The lowest BCUT2D eigenvalue weighted by Crippen LogP contribution is -2.44. The molecule has 12 heteroatoms. The Morgan fingerprint density at radius 2 is 1.83 bits per heavy atom. The molecule has 3 rings (SSSR count). The smallest absolute Gasteiger partial charge is 0.404 e. The first-order valence-corrected chi connectivity index (χ1v) is 10.5. The Morgan fingerprint density at radius 1 is 1.17 bits per heavy atom. The number of hydrogen-bond acceptors (Lipinski definition) is 5. The fraction of sp³-hybridized carbons (Fsp3) is 0.529. The summed E-state index contributed by atoms with van der Waals surface area (Å²) in [6, 6.07) is 3.87. The zero-order valence-electron chi connectivity index (χ0n) is 15.3. The molecule has 2 N–H and O–H groups in total. The van der Waals surface area contributed by atoms with Gasteiger partial charge in [-0.15, -0.1) is 13.2 Å². The number of carbonyl (C=O) groups is 2. The summed E-state index contributed by atoms with van der Waals surface area (Å²) in [5.41, 5.74) is -0.843. The van der Waals surface area contributed by atoms with Crippen molar-refractivity contribution < 1.29 is 35.9 Å². The van der Waals surface area contributed by atoms with Crippen molar-refractivity contribution in [3.63, 3.8) is 0 Å². The number of benzene rings is 1. The van der Waals surface area contributed by atoms with Gasteiger partial charge in [-0.2, -0.15) is 0 Å². The lowest BCUT2D eigenvalue weighted by molar-refractivity contribution is -0.275. The van der Waals surface area contributed by atoms with Gasteiger partial charge in [-0.3, -0.25) is 9.69 Å². The van der Waals surface area contributed by atoms with Crippen LogP contribution in [0.2, 0.25) is 0 Å². The number of urea groups is 1. The number of nitrogens with zero attached hydrogens (tertiary/aromatic N) is 1. The van der Waals surface area contributed by atoms with Crippen molar-refractivity contribution in [2.75, 3.05) is 13.1 Å². The SMILES string of the molecule is O=C1NC2(CCCC2)C(=O)N1CCCNS(=O)(=O)c1ccccc1OC(F)(F)F. The highest BCUT2D eigenvalue weighted by Crippen LogP contribution is 2.35. The molecule has 8 nitrogen and oxygen atoms in total. The molecule has 0 unspecified atom stereocenters. The van der Waals surface area contributed by atoms with E-state index in [9.17, 15) is 31.2 Å². The van der Waals surface area contributed by atoms with Crippen molar-refractivity contribution in [2.24, 2.45) is 0 Å². The first-order valence-electron chi connectivity index (χ1n) is 9.03. The molecule has 1 aliphatic heterocycles. The summed E-state index contributed by atoms with van der Waals surface area (Å²) in [7, 11) is -4.29. The highest BCUT2D eigenvalue weighted by molar-refractivity contribution is 7.89. The average molecular weight is 435 g/mol. The van der Waals surface area contributed by atoms with Gasteiger partial charge in [0.1, 0.15) is 16.2 Å². The minimum Gasteiger partial charge on any atom is -0.404 e. The number of para-hydroxylation sites is 1. The number of rotatable bonds is 7. The molecular weight excluding hydrogens is 415 g/mol. The maximum Gasteiger partial charge on any atom is 0.573 e. The second-order valence-corrected chi connectivity index (χ2v) is 8.66. The van der Waals surface area contributed by atoms with Gasteiger partial charge in [-0.05, 0) is 31.4 Å². The molecule has 0 atom stereocenters.